The normalized spacial score (nSPS) is 13.8. The maximum atomic E-state index is 9.01. The zero-order valence-electron chi connectivity index (χ0n) is 9.00. The number of ether oxygens (including phenoxy) is 1. The summed E-state index contributed by atoms with van der Waals surface area (Å²) < 4.78 is 5.27. The van der Waals surface area contributed by atoms with Crippen molar-refractivity contribution in [3.8, 4) is 11.8 Å². The zero-order chi connectivity index (χ0) is 10.8. The Morgan fingerprint density at radius 3 is 2.87 bits per heavy atom. The molecule has 0 atom stereocenters. The number of fused-ring (bicyclic) bond motifs is 1. The average molecular weight is 199 g/mol. The topological polar surface area (TPSA) is 33.0 Å². The molecular formula is C13H13NO. The molecule has 0 saturated heterocycles. The molecule has 1 aliphatic rings. The minimum atomic E-state index is 0.773. The minimum Gasteiger partial charge on any atom is -0.496 e. The molecule has 0 unspecified atom stereocenters. The van der Waals surface area contributed by atoms with E-state index in [1.807, 2.05) is 19.1 Å². The lowest BCUT2D eigenvalue weighted by Crippen LogP contribution is -2.01. The standard InChI is InChI=1S/C13H13NO/c1-9-6-10-4-3-5-11(8-14)12(10)7-13(9)15-2/h5-7H,3-4H2,1-2H3. The predicted molar refractivity (Wildman–Crippen MR) is 59.6 cm³/mol. The predicted octanol–water partition coefficient (Wildman–Crippen LogP) is 2.86. The highest BCUT2D eigenvalue weighted by Crippen LogP contribution is 2.31. The first-order valence-corrected chi connectivity index (χ1v) is 5.04. The van der Waals surface area contributed by atoms with Gasteiger partial charge in [-0.25, -0.2) is 0 Å². The number of rotatable bonds is 1. The van der Waals surface area contributed by atoms with Gasteiger partial charge in [-0.3, -0.25) is 0 Å². The lowest BCUT2D eigenvalue weighted by atomic mass is 9.90. The van der Waals surface area contributed by atoms with Crippen LogP contribution in [0.5, 0.6) is 5.75 Å². The van der Waals surface area contributed by atoms with Gasteiger partial charge in [-0.1, -0.05) is 12.1 Å². The highest BCUT2D eigenvalue weighted by Gasteiger charge is 2.14. The van der Waals surface area contributed by atoms with Crippen LogP contribution < -0.4 is 4.74 Å². The van der Waals surface area contributed by atoms with Crippen molar-refractivity contribution in [2.75, 3.05) is 7.11 Å². The van der Waals surface area contributed by atoms with Crippen LogP contribution in [-0.2, 0) is 6.42 Å². The highest BCUT2D eigenvalue weighted by molar-refractivity contribution is 5.80. The van der Waals surface area contributed by atoms with E-state index in [1.54, 1.807) is 7.11 Å². The minimum absolute atomic E-state index is 0.773. The van der Waals surface area contributed by atoms with Gasteiger partial charge in [-0.2, -0.15) is 5.26 Å². The number of nitriles is 1. The van der Waals surface area contributed by atoms with Crippen LogP contribution >= 0.6 is 0 Å². The fourth-order valence-corrected chi connectivity index (χ4v) is 2.01. The smallest absolute Gasteiger partial charge is 0.122 e. The molecule has 76 valence electrons. The van der Waals surface area contributed by atoms with E-state index >= 15 is 0 Å². The number of hydrogen-bond acceptors (Lipinski definition) is 2. The van der Waals surface area contributed by atoms with Gasteiger partial charge in [0.15, 0.2) is 0 Å². The summed E-state index contributed by atoms with van der Waals surface area (Å²) in [5.41, 5.74) is 4.20. The molecule has 1 aromatic carbocycles. The lowest BCUT2D eigenvalue weighted by Gasteiger charge is -2.16. The number of allylic oxidation sites excluding steroid dienone is 2. The Hall–Kier alpha value is -1.75. The first-order valence-electron chi connectivity index (χ1n) is 5.04. The third-order valence-electron chi connectivity index (χ3n) is 2.79. The van der Waals surface area contributed by atoms with Crippen LogP contribution in [-0.4, -0.2) is 7.11 Å². The van der Waals surface area contributed by atoms with Gasteiger partial charge < -0.3 is 4.74 Å². The van der Waals surface area contributed by atoms with Crippen LogP contribution in [0.25, 0.3) is 5.57 Å². The molecule has 1 aliphatic carbocycles. The second-order valence-corrected chi connectivity index (χ2v) is 3.75. The van der Waals surface area contributed by atoms with E-state index in [-0.39, 0.29) is 0 Å². The highest BCUT2D eigenvalue weighted by atomic mass is 16.5. The summed E-state index contributed by atoms with van der Waals surface area (Å²) in [7, 11) is 1.66. The Morgan fingerprint density at radius 1 is 1.40 bits per heavy atom. The SMILES string of the molecule is COc1cc2c(cc1C)CCC=C2C#N. The molecule has 0 bridgehead atoms. The van der Waals surface area contributed by atoms with Gasteiger partial charge in [0.25, 0.3) is 0 Å². The molecule has 0 aliphatic heterocycles. The van der Waals surface area contributed by atoms with Gasteiger partial charge in [-0.05, 0) is 42.5 Å². The zero-order valence-corrected chi connectivity index (χ0v) is 9.00. The fourth-order valence-electron chi connectivity index (χ4n) is 2.01. The van der Waals surface area contributed by atoms with E-state index in [1.165, 1.54) is 5.56 Å². The molecule has 0 amide bonds. The van der Waals surface area contributed by atoms with E-state index in [9.17, 15) is 0 Å². The Bertz CT molecular complexity index is 466. The van der Waals surface area contributed by atoms with Crippen LogP contribution in [0.3, 0.4) is 0 Å². The van der Waals surface area contributed by atoms with E-state index in [4.69, 9.17) is 10.00 Å². The maximum Gasteiger partial charge on any atom is 0.122 e. The van der Waals surface area contributed by atoms with Gasteiger partial charge in [-0.15, -0.1) is 0 Å². The van der Waals surface area contributed by atoms with Crippen LogP contribution in [0, 0.1) is 18.3 Å². The second-order valence-electron chi connectivity index (χ2n) is 3.75. The van der Waals surface area contributed by atoms with Gasteiger partial charge in [0.05, 0.1) is 18.8 Å². The van der Waals surface area contributed by atoms with Gasteiger partial charge in [0.1, 0.15) is 5.75 Å². The summed E-state index contributed by atoms with van der Waals surface area (Å²) in [4.78, 5) is 0. The molecular weight excluding hydrogens is 186 g/mol. The summed E-state index contributed by atoms with van der Waals surface area (Å²) in [5.74, 6) is 0.858. The monoisotopic (exact) mass is 199 g/mol. The van der Waals surface area contributed by atoms with Crippen LogP contribution in [0.2, 0.25) is 0 Å². The molecule has 2 nitrogen and oxygen atoms in total. The van der Waals surface area contributed by atoms with E-state index < -0.39 is 0 Å². The molecule has 0 spiro atoms. The van der Waals surface area contributed by atoms with E-state index in [0.717, 1.165) is 35.3 Å². The van der Waals surface area contributed by atoms with Crippen molar-refractivity contribution in [1.82, 2.24) is 0 Å². The first-order chi connectivity index (χ1) is 7.26. The second kappa shape index (κ2) is 3.78. The van der Waals surface area contributed by atoms with Gasteiger partial charge in [0.2, 0.25) is 0 Å². The summed E-state index contributed by atoms with van der Waals surface area (Å²) >= 11 is 0. The molecule has 0 fully saturated rings. The van der Waals surface area contributed by atoms with E-state index in [0.29, 0.717) is 0 Å². The van der Waals surface area contributed by atoms with Crippen LogP contribution in [0.15, 0.2) is 18.2 Å². The first kappa shape index (κ1) is 9.79. The van der Waals surface area contributed by atoms with Crippen molar-refractivity contribution in [3.05, 3.63) is 34.9 Å². The Kier molecular flexibility index (Phi) is 2.47. The number of methoxy groups -OCH3 is 1. The Morgan fingerprint density at radius 2 is 2.20 bits per heavy atom. The quantitative estimate of drug-likeness (QED) is 0.696. The molecule has 0 saturated carbocycles. The maximum absolute atomic E-state index is 9.01. The van der Waals surface area contributed by atoms with Crippen molar-refractivity contribution >= 4 is 5.57 Å². The van der Waals surface area contributed by atoms with Crippen molar-refractivity contribution < 1.29 is 4.74 Å². The average Bonchev–Trinajstić information content (AvgIpc) is 2.27. The fraction of sp³-hybridized carbons (Fsp3) is 0.308. The van der Waals surface area contributed by atoms with Crippen molar-refractivity contribution in [1.29, 1.82) is 5.26 Å². The third kappa shape index (κ3) is 1.61. The molecule has 1 aromatic rings. The summed E-state index contributed by atoms with van der Waals surface area (Å²) in [6.45, 7) is 2.03. The van der Waals surface area contributed by atoms with Crippen LogP contribution in [0.4, 0.5) is 0 Å². The largest absolute Gasteiger partial charge is 0.496 e. The number of aryl methyl sites for hydroxylation is 2. The lowest BCUT2D eigenvalue weighted by molar-refractivity contribution is 0.411. The number of nitrogens with zero attached hydrogens (tertiary/aromatic N) is 1. The van der Waals surface area contributed by atoms with Crippen molar-refractivity contribution in [2.45, 2.75) is 19.8 Å². The van der Waals surface area contributed by atoms with Gasteiger partial charge >= 0.3 is 0 Å². The molecule has 2 rings (SSSR count). The summed E-state index contributed by atoms with van der Waals surface area (Å²) in [6, 6.07) is 6.33. The van der Waals surface area contributed by atoms with Crippen molar-refractivity contribution in [2.24, 2.45) is 0 Å². The van der Waals surface area contributed by atoms with Gasteiger partial charge in [0, 0.05) is 0 Å². The number of hydrogen-bond donors (Lipinski definition) is 0. The van der Waals surface area contributed by atoms with Crippen molar-refractivity contribution in [3.63, 3.8) is 0 Å². The summed E-state index contributed by atoms with van der Waals surface area (Å²) in [6.07, 6.45) is 3.98. The molecule has 0 heterocycles. The number of benzene rings is 1. The molecule has 2 heteroatoms. The molecule has 0 radical (unpaired) electrons. The summed E-state index contributed by atoms with van der Waals surface area (Å²) in [5, 5.41) is 9.01. The Balaban J connectivity index is 2.59. The molecule has 15 heavy (non-hydrogen) atoms. The third-order valence-corrected chi connectivity index (χ3v) is 2.79. The Labute approximate surface area is 89.8 Å². The van der Waals surface area contributed by atoms with Crippen LogP contribution in [0.1, 0.15) is 23.1 Å². The molecule has 0 N–H and O–H groups in total. The molecule has 0 aromatic heterocycles. The van der Waals surface area contributed by atoms with E-state index in [2.05, 4.69) is 12.1 Å².